The fraction of sp³-hybridized carbons (Fsp3) is 0.0833. The molecule has 0 fully saturated rings. The first kappa shape index (κ1) is 20.3. The smallest absolute Gasteiger partial charge is 0.324 e. The van der Waals surface area contributed by atoms with E-state index in [0.29, 0.717) is 40.7 Å². The number of carbonyl (C=O) groups is 1. The number of aromatic nitrogens is 4. The number of fused-ring (bicyclic) bond motifs is 1. The molecule has 164 valence electrons. The van der Waals surface area contributed by atoms with Gasteiger partial charge in [-0.05, 0) is 42.0 Å². The number of anilines is 2. The highest BCUT2D eigenvalue weighted by Crippen LogP contribution is 2.25. The van der Waals surface area contributed by atoms with E-state index in [1.54, 1.807) is 48.5 Å². The molecule has 33 heavy (non-hydrogen) atoms. The first-order valence-corrected chi connectivity index (χ1v) is 10.2. The SMILES string of the molecule is COc1ccc(Cn2ccc(NC(=O)Nc3ccc4nc(-c5ccccn5)oc4c3)n2)cc1. The second kappa shape index (κ2) is 8.83. The predicted octanol–water partition coefficient (Wildman–Crippen LogP) is 4.79. The molecule has 0 aliphatic rings. The Kier molecular flexibility index (Phi) is 5.42. The van der Waals surface area contributed by atoms with E-state index in [1.807, 2.05) is 42.5 Å². The van der Waals surface area contributed by atoms with E-state index in [1.165, 1.54) is 0 Å². The summed E-state index contributed by atoms with van der Waals surface area (Å²) in [6.45, 7) is 0.577. The number of nitrogens with one attached hydrogen (secondary N) is 2. The zero-order valence-electron chi connectivity index (χ0n) is 17.7. The fourth-order valence-electron chi connectivity index (χ4n) is 3.31. The van der Waals surface area contributed by atoms with Crippen molar-refractivity contribution in [3.63, 3.8) is 0 Å². The summed E-state index contributed by atoms with van der Waals surface area (Å²) in [6, 6.07) is 19.9. The van der Waals surface area contributed by atoms with E-state index in [4.69, 9.17) is 9.15 Å². The summed E-state index contributed by atoms with van der Waals surface area (Å²) in [5, 5.41) is 9.92. The average molecular weight is 440 g/mol. The van der Waals surface area contributed by atoms with Gasteiger partial charge in [-0.25, -0.2) is 9.78 Å². The van der Waals surface area contributed by atoms with Gasteiger partial charge in [0.15, 0.2) is 11.4 Å². The van der Waals surface area contributed by atoms with Gasteiger partial charge in [-0.3, -0.25) is 15.0 Å². The van der Waals surface area contributed by atoms with Gasteiger partial charge in [0.1, 0.15) is 17.0 Å². The molecule has 0 saturated carbocycles. The second-order valence-electron chi connectivity index (χ2n) is 7.24. The van der Waals surface area contributed by atoms with Crippen LogP contribution in [0.2, 0.25) is 0 Å². The van der Waals surface area contributed by atoms with E-state index in [-0.39, 0.29) is 0 Å². The van der Waals surface area contributed by atoms with Crippen molar-refractivity contribution < 1.29 is 13.9 Å². The van der Waals surface area contributed by atoms with Crippen LogP contribution in [0, 0.1) is 0 Å². The molecule has 2 amide bonds. The van der Waals surface area contributed by atoms with Gasteiger partial charge in [0, 0.05) is 30.2 Å². The van der Waals surface area contributed by atoms with Crippen LogP contribution in [-0.4, -0.2) is 32.9 Å². The molecule has 2 aromatic carbocycles. The van der Waals surface area contributed by atoms with Crippen LogP contribution in [0.25, 0.3) is 22.7 Å². The number of ether oxygens (including phenoxy) is 1. The van der Waals surface area contributed by atoms with Crippen LogP contribution >= 0.6 is 0 Å². The Morgan fingerprint density at radius 2 is 1.94 bits per heavy atom. The summed E-state index contributed by atoms with van der Waals surface area (Å²) in [7, 11) is 1.63. The van der Waals surface area contributed by atoms with Crippen molar-refractivity contribution in [1.29, 1.82) is 0 Å². The Bertz CT molecular complexity index is 1390. The number of hydrogen-bond acceptors (Lipinski definition) is 6. The maximum atomic E-state index is 12.4. The lowest BCUT2D eigenvalue weighted by Crippen LogP contribution is -2.19. The molecule has 0 radical (unpaired) electrons. The highest BCUT2D eigenvalue weighted by molar-refractivity contribution is 6.00. The lowest BCUT2D eigenvalue weighted by Gasteiger charge is -2.06. The Morgan fingerprint density at radius 1 is 1.06 bits per heavy atom. The molecule has 0 aliphatic heterocycles. The molecule has 2 N–H and O–H groups in total. The third kappa shape index (κ3) is 4.67. The third-order valence-corrected chi connectivity index (χ3v) is 4.92. The van der Waals surface area contributed by atoms with Gasteiger partial charge in [0.25, 0.3) is 0 Å². The van der Waals surface area contributed by atoms with Crippen molar-refractivity contribution in [3.05, 3.63) is 84.7 Å². The number of oxazole rings is 1. The summed E-state index contributed by atoms with van der Waals surface area (Å²) in [5.74, 6) is 1.67. The highest BCUT2D eigenvalue weighted by atomic mass is 16.5. The van der Waals surface area contributed by atoms with Crippen LogP contribution in [0.1, 0.15) is 5.56 Å². The summed E-state index contributed by atoms with van der Waals surface area (Å²) in [4.78, 5) is 21.1. The molecular formula is C24H20N6O3. The molecule has 0 saturated heterocycles. The Balaban J connectivity index is 1.22. The first-order valence-electron chi connectivity index (χ1n) is 10.2. The zero-order valence-corrected chi connectivity index (χ0v) is 17.7. The van der Waals surface area contributed by atoms with Crippen LogP contribution in [0.15, 0.2) is 83.5 Å². The topological polar surface area (TPSA) is 107 Å². The van der Waals surface area contributed by atoms with Crippen molar-refractivity contribution in [2.24, 2.45) is 0 Å². The van der Waals surface area contributed by atoms with Crippen LogP contribution in [0.5, 0.6) is 5.75 Å². The van der Waals surface area contributed by atoms with Crippen molar-refractivity contribution in [2.75, 3.05) is 17.7 Å². The fourth-order valence-corrected chi connectivity index (χ4v) is 3.31. The number of hydrogen-bond donors (Lipinski definition) is 2. The standard InChI is InChI=1S/C24H20N6O3/c1-32-18-8-5-16(6-9-18)15-30-13-11-22(29-30)28-24(31)26-17-7-10-19-21(14-17)33-23(27-19)20-4-2-3-12-25-20/h2-14H,15H2,1H3,(H2,26,28,29,31). The molecule has 5 aromatic rings. The van der Waals surface area contributed by atoms with E-state index in [2.05, 4.69) is 25.7 Å². The minimum absolute atomic E-state index is 0.409. The van der Waals surface area contributed by atoms with Gasteiger partial charge in [-0.2, -0.15) is 5.10 Å². The van der Waals surface area contributed by atoms with Crippen LogP contribution in [0.4, 0.5) is 16.3 Å². The Morgan fingerprint density at radius 3 is 2.73 bits per heavy atom. The molecule has 0 unspecified atom stereocenters. The minimum Gasteiger partial charge on any atom is -0.497 e. The largest absolute Gasteiger partial charge is 0.497 e. The monoisotopic (exact) mass is 440 g/mol. The van der Waals surface area contributed by atoms with Gasteiger partial charge >= 0.3 is 6.03 Å². The number of nitrogens with zero attached hydrogens (tertiary/aromatic N) is 4. The summed E-state index contributed by atoms with van der Waals surface area (Å²) >= 11 is 0. The quantitative estimate of drug-likeness (QED) is 0.393. The molecule has 0 aliphatic carbocycles. The van der Waals surface area contributed by atoms with Crippen LogP contribution in [0.3, 0.4) is 0 Å². The van der Waals surface area contributed by atoms with Gasteiger partial charge in [-0.1, -0.05) is 18.2 Å². The highest BCUT2D eigenvalue weighted by Gasteiger charge is 2.11. The van der Waals surface area contributed by atoms with Crippen LogP contribution < -0.4 is 15.4 Å². The lowest BCUT2D eigenvalue weighted by atomic mass is 10.2. The maximum absolute atomic E-state index is 12.4. The normalized spacial score (nSPS) is 10.8. The van der Waals surface area contributed by atoms with E-state index in [9.17, 15) is 4.79 Å². The molecule has 3 aromatic heterocycles. The number of carbonyl (C=O) groups excluding carboxylic acids is 1. The number of amides is 2. The molecule has 0 bridgehead atoms. The second-order valence-corrected chi connectivity index (χ2v) is 7.24. The molecule has 0 atom stereocenters. The van der Waals surface area contributed by atoms with Crippen molar-refractivity contribution >= 4 is 28.6 Å². The van der Waals surface area contributed by atoms with Crippen molar-refractivity contribution in [2.45, 2.75) is 6.54 Å². The lowest BCUT2D eigenvalue weighted by molar-refractivity contribution is 0.262. The summed E-state index contributed by atoms with van der Waals surface area (Å²) < 4.78 is 12.7. The Labute approximate surface area is 189 Å². The number of rotatable bonds is 6. The van der Waals surface area contributed by atoms with Crippen molar-refractivity contribution in [3.8, 4) is 17.3 Å². The maximum Gasteiger partial charge on any atom is 0.324 e. The predicted molar refractivity (Wildman–Crippen MR) is 124 cm³/mol. The molecule has 9 heteroatoms. The minimum atomic E-state index is -0.409. The Hall–Kier alpha value is -4.66. The number of benzene rings is 2. The molecular weight excluding hydrogens is 420 g/mol. The van der Waals surface area contributed by atoms with E-state index in [0.717, 1.165) is 11.3 Å². The van der Waals surface area contributed by atoms with Gasteiger partial charge in [0.2, 0.25) is 5.89 Å². The molecule has 3 heterocycles. The molecule has 9 nitrogen and oxygen atoms in total. The van der Waals surface area contributed by atoms with Crippen molar-refractivity contribution in [1.82, 2.24) is 19.7 Å². The number of methoxy groups -OCH3 is 1. The summed E-state index contributed by atoms with van der Waals surface area (Å²) in [6.07, 6.45) is 3.49. The van der Waals surface area contributed by atoms with Gasteiger partial charge in [-0.15, -0.1) is 0 Å². The number of urea groups is 1. The van der Waals surface area contributed by atoms with E-state index >= 15 is 0 Å². The van der Waals surface area contributed by atoms with Crippen LogP contribution in [-0.2, 0) is 6.54 Å². The van der Waals surface area contributed by atoms with Gasteiger partial charge < -0.3 is 14.5 Å². The van der Waals surface area contributed by atoms with E-state index < -0.39 is 6.03 Å². The molecule has 0 spiro atoms. The zero-order chi connectivity index (χ0) is 22.6. The van der Waals surface area contributed by atoms with Gasteiger partial charge in [0.05, 0.1) is 13.7 Å². The third-order valence-electron chi connectivity index (χ3n) is 4.92. The molecule has 5 rings (SSSR count). The summed E-state index contributed by atoms with van der Waals surface area (Å²) in [5.41, 5.74) is 3.52. The average Bonchev–Trinajstić information content (AvgIpc) is 3.46. The number of pyridine rings is 1. The first-order chi connectivity index (χ1) is 16.2.